The van der Waals surface area contributed by atoms with Gasteiger partial charge in [-0.1, -0.05) is 12.2 Å². The lowest BCUT2D eigenvalue weighted by Crippen LogP contribution is -2.12. The van der Waals surface area contributed by atoms with Crippen molar-refractivity contribution in [2.24, 2.45) is 0 Å². The molecular weight excluding hydrogens is 188 g/mol. The lowest BCUT2D eigenvalue weighted by molar-refractivity contribution is -0.129. The molecule has 1 aromatic heterocycles. The van der Waals surface area contributed by atoms with Crippen LogP contribution in [0.25, 0.3) is 0 Å². The summed E-state index contributed by atoms with van der Waals surface area (Å²) < 4.78 is 5.28. The lowest BCUT2D eigenvalue weighted by atomic mass is 10.2. The van der Waals surface area contributed by atoms with Crippen LogP contribution in [0.1, 0.15) is 17.1 Å². The first-order valence-corrected chi connectivity index (χ1v) is 4.23. The smallest absolute Gasteiger partial charge is 0.342 e. The van der Waals surface area contributed by atoms with Crippen molar-refractivity contribution in [1.29, 1.82) is 0 Å². The van der Waals surface area contributed by atoms with Crippen LogP contribution < -0.4 is 0 Å². The van der Waals surface area contributed by atoms with Gasteiger partial charge in [0.1, 0.15) is 16.4 Å². The quantitative estimate of drug-likeness (QED) is 0.753. The minimum atomic E-state index is -1.05. The van der Waals surface area contributed by atoms with E-state index in [0.717, 1.165) is 11.3 Å². The predicted octanol–water partition coefficient (Wildman–Crippen LogP) is 1.89. The Morgan fingerprint density at radius 2 is 2.23 bits per heavy atom. The predicted molar refractivity (Wildman–Crippen MR) is 52.1 cm³/mol. The summed E-state index contributed by atoms with van der Waals surface area (Å²) in [4.78, 5) is 10.4. The topological polar surface area (TPSA) is 50.4 Å². The van der Waals surface area contributed by atoms with Crippen molar-refractivity contribution >= 4 is 23.1 Å². The van der Waals surface area contributed by atoms with Crippen molar-refractivity contribution < 1.29 is 14.3 Å². The Kier molecular flexibility index (Phi) is 2.83. The highest BCUT2D eigenvalue weighted by Gasteiger charge is 2.11. The molecule has 0 fully saturated rings. The van der Waals surface area contributed by atoms with E-state index < -0.39 is 5.97 Å². The van der Waals surface area contributed by atoms with E-state index in [0.29, 0.717) is 5.76 Å². The summed E-state index contributed by atoms with van der Waals surface area (Å²) in [6.07, 6.45) is 0.194. The normalized spacial score (nSPS) is 10.0. The second-order valence-corrected chi connectivity index (χ2v) is 3.35. The van der Waals surface area contributed by atoms with E-state index in [2.05, 4.69) is 12.2 Å². The fourth-order valence-corrected chi connectivity index (χ4v) is 1.11. The molecule has 0 amide bonds. The summed E-state index contributed by atoms with van der Waals surface area (Å²) in [5, 5.41) is 8.54. The molecule has 0 aliphatic heterocycles. The molecule has 0 spiro atoms. The molecule has 0 unspecified atom stereocenters. The van der Waals surface area contributed by atoms with Crippen LogP contribution in [0, 0.1) is 13.8 Å². The Morgan fingerprint density at radius 3 is 2.62 bits per heavy atom. The minimum absolute atomic E-state index is 0.0197. The van der Waals surface area contributed by atoms with Gasteiger partial charge in [0, 0.05) is 6.42 Å². The van der Waals surface area contributed by atoms with E-state index in [1.54, 1.807) is 0 Å². The van der Waals surface area contributed by atoms with Crippen molar-refractivity contribution in [1.82, 2.24) is 0 Å². The molecular formula is C9H10O3S. The summed E-state index contributed by atoms with van der Waals surface area (Å²) >= 11 is 4.65. The van der Waals surface area contributed by atoms with Gasteiger partial charge in [0.25, 0.3) is 0 Å². The fourth-order valence-electron chi connectivity index (χ4n) is 0.971. The molecule has 1 heterocycles. The van der Waals surface area contributed by atoms with E-state index in [1.807, 2.05) is 19.9 Å². The number of aliphatic carboxylic acids is 1. The zero-order valence-corrected chi connectivity index (χ0v) is 8.27. The molecule has 0 aliphatic rings. The minimum Gasteiger partial charge on any atom is -0.477 e. The Bertz CT molecular complexity index is 332. The molecule has 0 aromatic carbocycles. The maximum atomic E-state index is 10.4. The molecule has 13 heavy (non-hydrogen) atoms. The molecule has 0 saturated carbocycles. The SMILES string of the molecule is Cc1cc(CC(=S)C(=O)O)oc1C. The van der Waals surface area contributed by atoms with Crippen molar-refractivity contribution in [3.05, 3.63) is 23.2 Å². The number of hydrogen-bond donors (Lipinski definition) is 1. The second kappa shape index (κ2) is 3.70. The Hall–Kier alpha value is -1.16. The highest BCUT2D eigenvalue weighted by molar-refractivity contribution is 7.82. The van der Waals surface area contributed by atoms with Crippen LogP contribution in [0.2, 0.25) is 0 Å². The average molecular weight is 198 g/mol. The first kappa shape index (κ1) is 9.92. The molecule has 4 heteroatoms. The van der Waals surface area contributed by atoms with Gasteiger partial charge in [-0.05, 0) is 25.5 Å². The van der Waals surface area contributed by atoms with E-state index in [9.17, 15) is 4.79 Å². The van der Waals surface area contributed by atoms with Crippen LogP contribution in [0.5, 0.6) is 0 Å². The first-order valence-electron chi connectivity index (χ1n) is 3.82. The maximum absolute atomic E-state index is 10.4. The molecule has 0 saturated heterocycles. The number of rotatable bonds is 3. The van der Waals surface area contributed by atoms with Crippen LogP contribution in [0.15, 0.2) is 10.5 Å². The van der Waals surface area contributed by atoms with Crippen molar-refractivity contribution in [3.8, 4) is 0 Å². The van der Waals surface area contributed by atoms with E-state index in [4.69, 9.17) is 9.52 Å². The van der Waals surface area contributed by atoms with Gasteiger partial charge < -0.3 is 9.52 Å². The summed E-state index contributed by atoms with van der Waals surface area (Å²) in [6, 6.07) is 1.81. The van der Waals surface area contributed by atoms with Crippen LogP contribution in [0.3, 0.4) is 0 Å². The van der Waals surface area contributed by atoms with Gasteiger partial charge in [-0.15, -0.1) is 0 Å². The first-order chi connectivity index (χ1) is 6.00. The highest BCUT2D eigenvalue weighted by atomic mass is 32.1. The van der Waals surface area contributed by atoms with Gasteiger partial charge >= 0.3 is 5.97 Å². The van der Waals surface area contributed by atoms with Gasteiger partial charge in [-0.2, -0.15) is 0 Å². The number of aryl methyl sites for hydroxylation is 2. The number of carboxylic acid groups (broad SMARTS) is 1. The molecule has 1 aromatic rings. The second-order valence-electron chi connectivity index (χ2n) is 2.86. The summed E-state index contributed by atoms with van der Waals surface area (Å²) in [7, 11) is 0. The zero-order valence-electron chi connectivity index (χ0n) is 7.46. The average Bonchev–Trinajstić information content (AvgIpc) is 2.31. The Morgan fingerprint density at radius 1 is 1.62 bits per heavy atom. The van der Waals surface area contributed by atoms with Gasteiger partial charge in [0.15, 0.2) is 0 Å². The number of carbonyl (C=O) groups is 1. The number of furan rings is 1. The lowest BCUT2D eigenvalue weighted by Gasteiger charge is -1.93. The summed E-state index contributed by atoms with van der Waals surface area (Å²) in [5.74, 6) is 0.368. The van der Waals surface area contributed by atoms with Crippen LogP contribution in [0.4, 0.5) is 0 Å². The van der Waals surface area contributed by atoms with Crippen LogP contribution in [-0.4, -0.2) is 15.9 Å². The van der Waals surface area contributed by atoms with Gasteiger partial charge in [0.05, 0.1) is 0 Å². The molecule has 0 radical (unpaired) electrons. The van der Waals surface area contributed by atoms with Crippen LogP contribution in [-0.2, 0) is 11.2 Å². The zero-order chi connectivity index (χ0) is 10.0. The molecule has 1 rings (SSSR count). The fraction of sp³-hybridized carbons (Fsp3) is 0.333. The van der Waals surface area contributed by atoms with Gasteiger partial charge in [-0.25, -0.2) is 4.79 Å². The number of thiocarbonyl (C=S) groups is 1. The third-order valence-electron chi connectivity index (χ3n) is 1.79. The van der Waals surface area contributed by atoms with E-state index in [1.165, 1.54) is 0 Å². The van der Waals surface area contributed by atoms with Crippen LogP contribution >= 0.6 is 12.2 Å². The van der Waals surface area contributed by atoms with E-state index >= 15 is 0 Å². The molecule has 1 N–H and O–H groups in total. The van der Waals surface area contributed by atoms with Gasteiger partial charge in [0.2, 0.25) is 0 Å². The van der Waals surface area contributed by atoms with E-state index in [-0.39, 0.29) is 11.3 Å². The largest absolute Gasteiger partial charge is 0.477 e. The summed E-state index contributed by atoms with van der Waals surface area (Å²) in [5.41, 5.74) is 1.02. The van der Waals surface area contributed by atoms with Gasteiger partial charge in [-0.3, -0.25) is 0 Å². The number of hydrogen-bond acceptors (Lipinski definition) is 3. The van der Waals surface area contributed by atoms with Crippen molar-refractivity contribution in [3.63, 3.8) is 0 Å². The maximum Gasteiger partial charge on any atom is 0.342 e. The molecule has 0 atom stereocenters. The number of carboxylic acids is 1. The Labute approximate surface area is 81.4 Å². The standard InChI is InChI=1S/C9H10O3S/c1-5-3-7(12-6(5)2)4-8(13)9(10)11/h3H,4H2,1-2H3,(H,10,11). The molecule has 0 bridgehead atoms. The third-order valence-corrected chi connectivity index (χ3v) is 2.11. The monoisotopic (exact) mass is 198 g/mol. The van der Waals surface area contributed by atoms with Crippen molar-refractivity contribution in [2.75, 3.05) is 0 Å². The third kappa shape index (κ3) is 2.39. The summed E-state index contributed by atoms with van der Waals surface area (Å²) in [6.45, 7) is 3.74. The molecule has 3 nitrogen and oxygen atoms in total. The highest BCUT2D eigenvalue weighted by Crippen LogP contribution is 2.13. The molecule has 70 valence electrons. The van der Waals surface area contributed by atoms with Crippen molar-refractivity contribution in [2.45, 2.75) is 20.3 Å². The Balaban J connectivity index is 2.75. The molecule has 0 aliphatic carbocycles.